The van der Waals surface area contributed by atoms with Crippen molar-refractivity contribution in [2.24, 2.45) is 11.8 Å². The van der Waals surface area contributed by atoms with Crippen LogP contribution in [-0.4, -0.2) is 20.2 Å². The smallest absolute Gasteiger partial charge is 0.184 e. The van der Waals surface area contributed by atoms with Gasteiger partial charge in [-0.1, -0.05) is 6.42 Å². The fourth-order valence-electron chi connectivity index (χ4n) is 3.48. The number of aromatic amines is 1. The second-order valence-electron chi connectivity index (χ2n) is 5.19. The molecule has 4 nitrogen and oxygen atoms in total. The number of thiazole rings is 1. The van der Waals surface area contributed by atoms with E-state index >= 15 is 0 Å². The quantitative estimate of drug-likeness (QED) is 0.886. The lowest BCUT2D eigenvalue weighted by Gasteiger charge is -2.19. The minimum absolute atomic E-state index is 0.710. The van der Waals surface area contributed by atoms with Crippen molar-refractivity contribution in [3.63, 3.8) is 0 Å². The summed E-state index contributed by atoms with van der Waals surface area (Å²) in [6.45, 7) is 0. The summed E-state index contributed by atoms with van der Waals surface area (Å²) in [5, 5.41) is 9.94. The summed E-state index contributed by atoms with van der Waals surface area (Å²) in [6.07, 6.45) is 7.17. The van der Waals surface area contributed by atoms with Crippen LogP contribution < -0.4 is 0 Å². The largest absolute Gasteiger partial charge is 0.257 e. The molecule has 2 saturated carbocycles. The van der Waals surface area contributed by atoms with E-state index in [0.717, 1.165) is 22.7 Å². The Balaban J connectivity index is 1.63. The average molecular weight is 246 g/mol. The minimum atomic E-state index is 0.710. The lowest BCUT2D eigenvalue weighted by Crippen LogP contribution is -2.08. The van der Waals surface area contributed by atoms with Crippen LogP contribution in [-0.2, 0) is 0 Å². The maximum absolute atomic E-state index is 4.74. The standard InChI is InChI=1S/C12H14N4S/c1-2-8-3-7(1)4-9(8)10-5-17-12(15-10)11-13-6-14-16-11/h5-9H,1-4H2,(H,13,14,16)/t7-,8-,9-/m0/s1. The van der Waals surface area contributed by atoms with Crippen molar-refractivity contribution in [2.75, 3.05) is 0 Å². The van der Waals surface area contributed by atoms with E-state index in [9.17, 15) is 0 Å². The Morgan fingerprint density at radius 3 is 3.00 bits per heavy atom. The minimum Gasteiger partial charge on any atom is -0.257 e. The highest BCUT2D eigenvalue weighted by molar-refractivity contribution is 7.13. The topological polar surface area (TPSA) is 54.5 Å². The Labute approximate surface area is 104 Å². The summed E-state index contributed by atoms with van der Waals surface area (Å²) in [7, 11) is 0. The maximum atomic E-state index is 4.74. The highest BCUT2D eigenvalue weighted by atomic mass is 32.1. The Morgan fingerprint density at radius 2 is 2.29 bits per heavy atom. The molecule has 88 valence electrons. The fourth-order valence-corrected chi connectivity index (χ4v) is 4.31. The van der Waals surface area contributed by atoms with E-state index in [-0.39, 0.29) is 0 Å². The first-order valence-corrected chi connectivity index (χ1v) is 7.09. The van der Waals surface area contributed by atoms with E-state index in [1.165, 1.54) is 37.7 Å². The van der Waals surface area contributed by atoms with Crippen molar-refractivity contribution >= 4 is 11.3 Å². The van der Waals surface area contributed by atoms with Gasteiger partial charge in [0.2, 0.25) is 0 Å². The molecule has 0 amide bonds. The molecule has 0 aliphatic heterocycles. The zero-order valence-electron chi connectivity index (χ0n) is 9.47. The van der Waals surface area contributed by atoms with E-state index in [4.69, 9.17) is 4.98 Å². The molecule has 0 spiro atoms. The van der Waals surface area contributed by atoms with Gasteiger partial charge in [-0.15, -0.1) is 11.3 Å². The molecular formula is C12H14N4S. The van der Waals surface area contributed by atoms with Gasteiger partial charge in [-0.25, -0.2) is 9.97 Å². The molecule has 1 N–H and O–H groups in total. The van der Waals surface area contributed by atoms with E-state index in [1.807, 2.05) is 0 Å². The third kappa shape index (κ3) is 1.52. The molecule has 2 aromatic rings. The van der Waals surface area contributed by atoms with Gasteiger partial charge in [-0.3, -0.25) is 5.10 Å². The number of nitrogens with zero attached hydrogens (tertiary/aromatic N) is 3. The Kier molecular flexibility index (Phi) is 2.09. The zero-order valence-corrected chi connectivity index (χ0v) is 10.3. The van der Waals surface area contributed by atoms with Crippen molar-refractivity contribution < 1.29 is 0 Å². The molecule has 2 heterocycles. The van der Waals surface area contributed by atoms with Gasteiger partial charge >= 0.3 is 0 Å². The molecule has 0 radical (unpaired) electrons. The predicted octanol–water partition coefficient (Wildman–Crippen LogP) is 2.83. The van der Waals surface area contributed by atoms with Crippen molar-refractivity contribution in [3.8, 4) is 10.8 Å². The van der Waals surface area contributed by atoms with Gasteiger partial charge in [0, 0.05) is 11.3 Å². The number of nitrogens with one attached hydrogen (secondary N) is 1. The van der Waals surface area contributed by atoms with Gasteiger partial charge in [0.15, 0.2) is 10.8 Å². The first-order valence-electron chi connectivity index (χ1n) is 6.21. The normalized spacial score (nSPS) is 31.2. The van der Waals surface area contributed by atoms with Gasteiger partial charge in [-0.05, 0) is 31.1 Å². The number of fused-ring (bicyclic) bond motifs is 2. The van der Waals surface area contributed by atoms with Gasteiger partial charge in [-0.2, -0.15) is 5.10 Å². The molecule has 4 rings (SSSR count). The molecule has 2 aliphatic carbocycles. The second kappa shape index (κ2) is 3.63. The summed E-state index contributed by atoms with van der Waals surface area (Å²) in [6, 6.07) is 0. The van der Waals surface area contributed by atoms with E-state index in [2.05, 4.69) is 20.6 Å². The van der Waals surface area contributed by atoms with Crippen LogP contribution in [0.5, 0.6) is 0 Å². The molecule has 2 aromatic heterocycles. The molecule has 2 bridgehead atoms. The number of hydrogen-bond acceptors (Lipinski definition) is 4. The number of hydrogen-bond donors (Lipinski definition) is 1. The van der Waals surface area contributed by atoms with Gasteiger partial charge in [0.1, 0.15) is 6.33 Å². The van der Waals surface area contributed by atoms with Crippen LogP contribution in [0.3, 0.4) is 0 Å². The monoisotopic (exact) mass is 246 g/mol. The summed E-state index contributed by atoms with van der Waals surface area (Å²) in [4.78, 5) is 8.89. The molecule has 2 aliphatic rings. The Bertz CT molecular complexity index is 518. The van der Waals surface area contributed by atoms with Gasteiger partial charge in [0.25, 0.3) is 0 Å². The fraction of sp³-hybridized carbons (Fsp3) is 0.583. The Morgan fingerprint density at radius 1 is 1.29 bits per heavy atom. The molecule has 0 unspecified atom stereocenters. The van der Waals surface area contributed by atoms with Crippen LogP contribution in [0.1, 0.15) is 37.3 Å². The Hall–Kier alpha value is -1.23. The number of rotatable bonds is 2. The summed E-state index contributed by atoms with van der Waals surface area (Å²) >= 11 is 1.68. The predicted molar refractivity (Wildman–Crippen MR) is 65.7 cm³/mol. The van der Waals surface area contributed by atoms with Crippen LogP contribution in [0.25, 0.3) is 10.8 Å². The van der Waals surface area contributed by atoms with Gasteiger partial charge < -0.3 is 0 Å². The van der Waals surface area contributed by atoms with Crippen LogP contribution in [0, 0.1) is 11.8 Å². The van der Waals surface area contributed by atoms with E-state index in [0.29, 0.717) is 5.92 Å². The SMILES string of the molecule is c1n[nH]c(-c2nc([C@H]3C[C@H]4CC[C@H]3C4)cs2)n1. The summed E-state index contributed by atoms with van der Waals surface area (Å²) < 4.78 is 0. The van der Waals surface area contributed by atoms with Crippen LogP contribution >= 0.6 is 11.3 Å². The maximum Gasteiger partial charge on any atom is 0.184 e. The van der Waals surface area contributed by atoms with Crippen LogP contribution in [0.15, 0.2) is 11.7 Å². The highest BCUT2D eigenvalue weighted by Gasteiger charge is 2.41. The first kappa shape index (κ1) is 9.76. The molecule has 5 heteroatoms. The molecule has 0 aromatic carbocycles. The molecular weight excluding hydrogens is 232 g/mol. The molecule has 2 fully saturated rings. The molecule has 17 heavy (non-hydrogen) atoms. The number of aromatic nitrogens is 4. The van der Waals surface area contributed by atoms with Crippen molar-refractivity contribution in [3.05, 3.63) is 17.4 Å². The lowest BCUT2D eigenvalue weighted by molar-refractivity contribution is 0.414. The van der Waals surface area contributed by atoms with Gasteiger partial charge in [0.05, 0.1) is 5.69 Å². The van der Waals surface area contributed by atoms with Crippen molar-refractivity contribution in [1.29, 1.82) is 0 Å². The third-order valence-electron chi connectivity index (χ3n) is 4.26. The van der Waals surface area contributed by atoms with Crippen LogP contribution in [0.4, 0.5) is 0 Å². The first-order chi connectivity index (χ1) is 8.40. The second-order valence-corrected chi connectivity index (χ2v) is 6.05. The van der Waals surface area contributed by atoms with Crippen molar-refractivity contribution in [2.45, 2.75) is 31.6 Å². The van der Waals surface area contributed by atoms with E-state index in [1.54, 1.807) is 11.3 Å². The summed E-state index contributed by atoms with van der Waals surface area (Å²) in [5.74, 6) is 3.37. The van der Waals surface area contributed by atoms with E-state index < -0.39 is 0 Å². The van der Waals surface area contributed by atoms with Crippen LogP contribution in [0.2, 0.25) is 0 Å². The van der Waals surface area contributed by atoms with Crippen molar-refractivity contribution in [1.82, 2.24) is 20.2 Å². The molecule has 0 saturated heterocycles. The third-order valence-corrected chi connectivity index (χ3v) is 5.12. The zero-order chi connectivity index (χ0) is 11.2. The number of H-pyrrole nitrogens is 1. The molecule has 3 atom stereocenters. The average Bonchev–Trinajstić information content (AvgIpc) is 3.12. The highest BCUT2D eigenvalue weighted by Crippen LogP contribution is 2.52. The lowest BCUT2D eigenvalue weighted by atomic mass is 9.87. The summed E-state index contributed by atoms with van der Waals surface area (Å²) in [5.41, 5.74) is 1.29.